The molecule has 4 aromatic rings. The lowest BCUT2D eigenvalue weighted by Gasteiger charge is -2.24. The standard InChI is InChI=1S/C26H25FN4O3/c1-15-21-22(34-26(2,3)33-21)25(32-15)31-13-19(16-7-5-4-6-8-16)20-23(28-14-29-24(20)31)30-18-11-9-17(27)10-12-18/h4-15,21-22,25H,1-3H3,(H,28,29,30)/t15-,21-,22-,25-/m1/s1. The van der Waals surface area contributed by atoms with Crippen LogP contribution in [0.4, 0.5) is 15.9 Å². The van der Waals surface area contributed by atoms with Crippen molar-refractivity contribution in [3.05, 3.63) is 72.9 Å². The Balaban J connectivity index is 1.51. The lowest BCUT2D eigenvalue weighted by Crippen LogP contribution is -2.27. The largest absolute Gasteiger partial charge is 0.349 e. The van der Waals surface area contributed by atoms with Crippen molar-refractivity contribution < 1.29 is 18.6 Å². The van der Waals surface area contributed by atoms with Gasteiger partial charge in [-0.3, -0.25) is 0 Å². The predicted molar refractivity (Wildman–Crippen MR) is 126 cm³/mol. The Labute approximate surface area is 196 Å². The summed E-state index contributed by atoms with van der Waals surface area (Å²) in [7, 11) is 0. The van der Waals surface area contributed by atoms with Crippen molar-refractivity contribution in [3.63, 3.8) is 0 Å². The Bertz CT molecular complexity index is 1340. The summed E-state index contributed by atoms with van der Waals surface area (Å²) in [5, 5.41) is 4.17. The van der Waals surface area contributed by atoms with Crippen molar-refractivity contribution in [3.8, 4) is 11.1 Å². The smallest absolute Gasteiger partial charge is 0.164 e. The molecule has 4 atom stereocenters. The summed E-state index contributed by atoms with van der Waals surface area (Å²) < 4.78 is 34.1. The van der Waals surface area contributed by atoms with E-state index in [2.05, 4.69) is 15.3 Å². The Hall–Kier alpha value is -3.33. The minimum atomic E-state index is -0.679. The highest BCUT2D eigenvalue weighted by atomic mass is 19.1. The van der Waals surface area contributed by atoms with Crippen LogP contribution >= 0.6 is 0 Å². The first-order valence-electron chi connectivity index (χ1n) is 11.3. The molecular weight excluding hydrogens is 435 g/mol. The Morgan fingerprint density at radius 1 is 0.971 bits per heavy atom. The van der Waals surface area contributed by atoms with Crippen molar-refractivity contribution in [2.75, 3.05) is 5.32 Å². The summed E-state index contributed by atoms with van der Waals surface area (Å²) in [5.41, 5.74) is 3.42. The maximum Gasteiger partial charge on any atom is 0.164 e. The van der Waals surface area contributed by atoms with Gasteiger partial charge in [-0.15, -0.1) is 0 Å². The number of hydrogen-bond acceptors (Lipinski definition) is 6. The fraction of sp³-hybridized carbons (Fsp3) is 0.308. The molecule has 0 amide bonds. The number of anilines is 2. The van der Waals surface area contributed by atoms with Gasteiger partial charge in [-0.25, -0.2) is 14.4 Å². The van der Waals surface area contributed by atoms with Gasteiger partial charge in [0.1, 0.15) is 35.8 Å². The van der Waals surface area contributed by atoms with E-state index in [9.17, 15) is 4.39 Å². The number of nitrogens with zero attached hydrogens (tertiary/aromatic N) is 3. The second-order valence-corrected chi connectivity index (χ2v) is 9.17. The number of nitrogens with one attached hydrogen (secondary N) is 1. The van der Waals surface area contributed by atoms with Crippen LogP contribution in [0.2, 0.25) is 0 Å². The molecule has 2 aromatic heterocycles. The topological polar surface area (TPSA) is 70.4 Å². The zero-order chi connectivity index (χ0) is 23.4. The predicted octanol–water partition coefficient (Wildman–Crippen LogP) is 5.42. The van der Waals surface area contributed by atoms with Gasteiger partial charge in [0.15, 0.2) is 12.0 Å². The third-order valence-corrected chi connectivity index (χ3v) is 6.34. The maximum absolute atomic E-state index is 13.4. The number of rotatable bonds is 4. The highest BCUT2D eigenvalue weighted by Gasteiger charge is 2.54. The van der Waals surface area contributed by atoms with Gasteiger partial charge in [0.25, 0.3) is 0 Å². The van der Waals surface area contributed by atoms with Crippen LogP contribution in [-0.2, 0) is 14.2 Å². The van der Waals surface area contributed by atoms with Crippen LogP contribution in [0.1, 0.15) is 27.0 Å². The minimum Gasteiger partial charge on any atom is -0.349 e. The van der Waals surface area contributed by atoms with Gasteiger partial charge in [0, 0.05) is 17.4 Å². The van der Waals surface area contributed by atoms with Crippen LogP contribution in [0.15, 0.2) is 67.1 Å². The van der Waals surface area contributed by atoms with Gasteiger partial charge in [0.2, 0.25) is 0 Å². The molecule has 1 N–H and O–H groups in total. The van der Waals surface area contributed by atoms with E-state index in [0.29, 0.717) is 11.5 Å². The maximum atomic E-state index is 13.4. The summed E-state index contributed by atoms with van der Waals surface area (Å²) in [4.78, 5) is 9.17. The number of benzene rings is 2. The number of ether oxygens (including phenoxy) is 3. The molecule has 0 spiro atoms. The molecule has 2 aliphatic heterocycles. The molecule has 0 aliphatic carbocycles. The third kappa shape index (κ3) is 3.55. The first-order chi connectivity index (χ1) is 16.4. The summed E-state index contributed by atoms with van der Waals surface area (Å²) >= 11 is 0. The number of aromatic nitrogens is 3. The molecule has 174 valence electrons. The van der Waals surface area contributed by atoms with Gasteiger partial charge >= 0.3 is 0 Å². The normalized spacial score (nSPS) is 25.5. The van der Waals surface area contributed by atoms with Crippen LogP contribution < -0.4 is 5.32 Å². The van der Waals surface area contributed by atoms with E-state index in [4.69, 9.17) is 14.2 Å². The average molecular weight is 461 g/mol. The van der Waals surface area contributed by atoms with E-state index in [1.807, 2.05) is 61.9 Å². The van der Waals surface area contributed by atoms with E-state index in [1.165, 1.54) is 18.5 Å². The summed E-state index contributed by atoms with van der Waals surface area (Å²) in [6, 6.07) is 16.3. The van der Waals surface area contributed by atoms with Crippen molar-refractivity contribution in [1.82, 2.24) is 14.5 Å². The van der Waals surface area contributed by atoms with E-state index >= 15 is 0 Å². The molecule has 0 radical (unpaired) electrons. The minimum absolute atomic E-state index is 0.131. The lowest BCUT2D eigenvalue weighted by molar-refractivity contribution is -0.194. The van der Waals surface area contributed by atoms with E-state index < -0.39 is 12.0 Å². The van der Waals surface area contributed by atoms with Crippen molar-refractivity contribution in [2.24, 2.45) is 0 Å². The zero-order valence-electron chi connectivity index (χ0n) is 19.1. The number of hydrogen-bond donors (Lipinski definition) is 1. The first kappa shape index (κ1) is 21.2. The molecule has 2 aliphatic rings. The molecular formula is C26H25FN4O3. The number of halogens is 1. The second kappa shape index (κ2) is 7.87. The molecule has 6 rings (SSSR count). The van der Waals surface area contributed by atoms with E-state index in [0.717, 1.165) is 22.2 Å². The second-order valence-electron chi connectivity index (χ2n) is 9.17. The Kier molecular flexibility index (Phi) is 4.91. The van der Waals surface area contributed by atoms with Crippen LogP contribution in [0, 0.1) is 5.82 Å². The molecule has 0 saturated carbocycles. The molecule has 2 aromatic carbocycles. The molecule has 0 unspecified atom stereocenters. The summed E-state index contributed by atoms with van der Waals surface area (Å²) in [5.74, 6) is -0.347. The molecule has 2 fully saturated rings. The molecule has 34 heavy (non-hydrogen) atoms. The van der Waals surface area contributed by atoms with E-state index in [-0.39, 0.29) is 24.1 Å². The van der Waals surface area contributed by atoms with Crippen LogP contribution in [0.25, 0.3) is 22.2 Å². The van der Waals surface area contributed by atoms with Crippen LogP contribution in [-0.4, -0.2) is 38.6 Å². The van der Waals surface area contributed by atoms with Crippen LogP contribution in [0.5, 0.6) is 0 Å². The SMILES string of the molecule is C[C@H]1O[C@@H](n2cc(-c3ccccc3)c3c(Nc4ccc(F)cc4)ncnc32)[C@@H]2OC(C)(C)O[C@@H]21. The molecule has 7 nitrogen and oxygen atoms in total. The fourth-order valence-electron chi connectivity index (χ4n) is 4.88. The van der Waals surface area contributed by atoms with Crippen molar-refractivity contribution in [1.29, 1.82) is 0 Å². The number of fused-ring (bicyclic) bond motifs is 2. The molecule has 2 saturated heterocycles. The fourth-order valence-corrected chi connectivity index (χ4v) is 4.88. The quantitative estimate of drug-likeness (QED) is 0.439. The molecule has 0 bridgehead atoms. The molecule has 8 heteroatoms. The van der Waals surface area contributed by atoms with Gasteiger partial charge in [0.05, 0.1) is 11.5 Å². The van der Waals surface area contributed by atoms with Crippen molar-refractivity contribution in [2.45, 2.75) is 51.1 Å². The monoisotopic (exact) mass is 460 g/mol. The third-order valence-electron chi connectivity index (χ3n) is 6.34. The first-order valence-corrected chi connectivity index (χ1v) is 11.3. The van der Waals surface area contributed by atoms with Gasteiger partial charge in [-0.1, -0.05) is 30.3 Å². The molecule has 4 heterocycles. The van der Waals surface area contributed by atoms with Gasteiger partial charge < -0.3 is 24.1 Å². The zero-order valence-corrected chi connectivity index (χ0v) is 19.1. The van der Waals surface area contributed by atoms with Gasteiger partial charge in [-0.05, 0) is 50.6 Å². The highest BCUT2D eigenvalue weighted by molar-refractivity contribution is 6.02. The van der Waals surface area contributed by atoms with E-state index in [1.54, 1.807) is 12.1 Å². The Morgan fingerprint density at radius 2 is 1.71 bits per heavy atom. The van der Waals surface area contributed by atoms with Crippen LogP contribution in [0.3, 0.4) is 0 Å². The van der Waals surface area contributed by atoms with Crippen molar-refractivity contribution >= 4 is 22.5 Å². The highest BCUT2D eigenvalue weighted by Crippen LogP contribution is 2.45. The average Bonchev–Trinajstić information content (AvgIpc) is 3.46. The summed E-state index contributed by atoms with van der Waals surface area (Å²) in [6.45, 7) is 5.85. The summed E-state index contributed by atoms with van der Waals surface area (Å²) in [6.07, 6.45) is 2.58. The Morgan fingerprint density at radius 3 is 2.47 bits per heavy atom. The van der Waals surface area contributed by atoms with Gasteiger partial charge in [-0.2, -0.15) is 0 Å². The lowest BCUT2D eigenvalue weighted by atomic mass is 10.1.